The number of imidazole rings is 1. The maximum atomic E-state index is 13.0. The Morgan fingerprint density at radius 3 is 2.78 bits per heavy atom. The highest BCUT2D eigenvalue weighted by atomic mass is 32.2. The number of sulfonamides is 1. The Bertz CT molecular complexity index is 1190. The van der Waals surface area contributed by atoms with Crippen LogP contribution >= 0.6 is 23.1 Å². The molecule has 0 aliphatic carbocycles. The first-order chi connectivity index (χ1) is 15.4. The minimum Gasteiger partial charge on any atom is -0.379 e. The number of aryl methyl sites for hydroxylation is 1. The number of nitrogens with one attached hydrogen (secondary N) is 1. The number of hydrogen-bond acceptors (Lipinski definition) is 7. The molecular weight excluding hydrogens is 468 g/mol. The van der Waals surface area contributed by atoms with Crippen molar-refractivity contribution in [1.29, 1.82) is 0 Å². The van der Waals surface area contributed by atoms with Crippen LogP contribution in [0.2, 0.25) is 0 Å². The first kappa shape index (κ1) is 23.2. The van der Waals surface area contributed by atoms with Gasteiger partial charge in [-0.25, -0.2) is 13.4 Å². The Balaban J connectivity index is 1.50. The van der Waals surface area contributed by atoms with Crippen molar-refractivity contribution in [2.45, 2.75) is 36.5 Å². The Hall–Kier alpha value is -1.92. The van der Waals surface area contributed by atoms with Crippen LogP contribution in [0.25, 0.3) is 11.0 Å². The predicted octanol–water partition coefficient (Wildman–Crippen LogP) is 3.11. The summed E-state index contributed by atoms with van der Waals surface area (Å²) >= 11 is 2.97. The zero-order chi connectivity index (χ0) is 22.7. The van der Waals surface area contributed by atoms with Gasteiger partial charge in [0.05, 0.1) is 40.9 Å². The number of thioether (sulfide) groups is 1. The summed E-state index contributed by atoms with van der Waals surface area (Å²) < 4.78 is 34.7. The van der Waals surface area contributed by atoms with Gasteiger partial charge < -0.3 is 14.6 Å². The zero-order valence-electron chi connectivity index (χ0n) is 18.0. The molecule has 1 atom stereocenters. The molecule has 1 aliphatic rings. The molecule has 32 heavy (non-hydrogen) atoms. The maximum Gasteiger partial charge on any atom is 0.243 e. The highest BCUT2D eigenvalue weighted by Crippen LogP contribution is 2.28. The third-order valence-electron chi connectivity index (χ3n) is 5.29. The Morgan fingerprint density at radius 1 is 1.31 bits per heavy atom. The number of nitrogens with zero attached hydrogens (tertiary/aromatic N) is 3. The topological polar surface area (TPSA) is 93.5 Å². The van der Waals surface area contributed by atoms with Crippen molar-refractivity contribution in [3.8, 4) is 0 Å². The molecule has 4 rings (SSSR count). The van der Waals surface area contributed by atoms with Gasteiger partial charge in [-0.05, 0) is 43.5 Å². The molecule has 1 fully saturated rings. The van der Waals surface area contributed by atoms with E-state index in [-0.39, 0.29) is 22.6 Å². The van der Waals surface area contributed by atoms with Gasteiger partial charge in [-0.2, -0.15) is 4.31 Å². The van der Waals surface area contributed by atoms with Gasteiger partial charge in [0.25, 0.3) is 0 Å². The largest absolute Gasteiger partial charge is 0.379 e. The number of thiophene rings is 1. The summed E-state index contributed by atoms with van der Waals surface area (Å²) in [6.07, 6.45) is 0. The van der Waals surface area contributed by atoms with Gasteiger partial charge in [0.1, 0.15) is 0 Å². The number of amides is 1. The summed E-state index contributed by atoms with van der Waals surface area (Å²) in [4.78, 5) is 18.4. The molecule has 3 aromatic rings. The number of ether oxygens (including phenoxy) is 1. The third kappa shape index (κ3) is 4.86. The lowest BCUT2D eigenvalue weighted by molar-refractivity contribution is -0.119. The molecule has 1 amide bonds. The van der Waals surface area contributed by atoms with Crippen molar-refractivity contribution >= 4 is 50.1 Å². The Morgan fingerprint density at radius 2 is 2.09 bits per heavy atom. The summed E-state index contributed by atoms with van der Waals surface area (Å²) in [6, 6.07) is 8.97. The summed E-state index contributed by atoms with van der Waals surface area (Å²) in [5, 5.41) is 5.69. The molecule has 1 aliphatic heterocycles. The monoisotopic (exact) mass is 494 g/mol. The van der Waals surface area contributed by atoms with Crippen molar-refractivity contribution < 1.29 is 17.9 Å². The molecule has 1 N–H and O–H groups in total. The van der Waals surface area contributed by atoms with E-state index in [9.17, 15) is 13.2 Å². The smallest absolute Gasteiger partial charge is 0.243 e. The maximum absolute atomic E-state index is 13.0. The highest BCUT2D eigenvalue weighted by molar-refractivity contribution is 7.99. The molecule has 0 saturated carbocycles. The van der Waals surface area contributed by atoms with E-state index >= 15 is 0 Å². The summed E-state index contributed by atoms with van der Waals surface area (Å²) in [6.45, 7) is 6.14. The number of carbonyl (C=O) groups excluding carboxylic acids is 1. The Kier molecular flexibility index (Phi) is 7.21. The molecule has 1 saturated heterocycles. The van der Waals surface area contributed by atoms with Gasteiger partial charge in [0.2, 0.25) is 15.9 Å². The zero-order valence-corrected chi connectivity index (χ0v) is 20.4. The van der Waals surface area contributed by atoms with Crippen LogP contribution in [0.15, 0.2) is 45.8 Å². The van der Waals surface area contributed by atoms with Crippen LogP contribution in [0.4, 0.5) is 0 Å². The van der Waals surface area contributed by atoms with Crippen LogP contribution < -0.4 is 5.32 Å². The van der Waals surface area contributed by atoms with E-state index in [1.807, 2.05) is 35.9 Å². The number of hydrogen-bond donors (Lipinski definition) is 1. The lowest BCUT2D eigenvalue weighted by Crippen LogP contribution is -2.40. The predicted molar refractivity (Wildman–Crippen MR) is 127 cm³/mol. The summed E-state index contributed by atoms with van der Waals surface area (Å²) in [7, 11) is -3.59. The molecular formula is C21H26N4O4S3. The molecule has 0 radical (unpaired) electrons. The minimum absolute atomic E-state index is 0.0407. The second kappa shape index (κ2) is 9.92. The van der Waals surface area contributed by atoms with E-state index in [1.165, 1.54) is 16.1 Å². The van der Waals surface area contributed by atoms with Crippen LogP contribution in [0, 0.1) is 0 Å². The Labute approximate surface area is 196 Å². The summed E-state index contributed by atoms with van der Waals surface area (Å²) in [5.41, 5.74) is 1.46. The first-order valence-corrected chi connectivity index (χ1v) is 13.7. The van der Waals surface area contributed by atoms with Gasteiger partial charge in [0, 0.05) is 24.5 Å². The normalized spacial score (nSPS) is 16.3. The van der Waals surface area contributed by atoms with Crippen molar-refractivity contribution in [3.05, 3.63) is 40.6 Å². The van der Waals surface area contributed by atoms with Gasteiger partial charge in [0.15, 0.2) is 5.16 Å². The number of benzene rings is 1. The minimum atomic E-state index is -3.59. The number of morpholine rings is 1. The molecule has 8 nitrogen and oxygen atoms in total. The lowest BCUT2D eigenvalue weighted by Gasteiger charge is -2.26. The van der Waals surface area contributed by atoms with E-state index in [4.69, 9.17) is 4.74 Å². The van der Waals surface area contributed by atoms with Crippen molar-refractivity contribution in [2.75, 3.05) is 32.1 Å². The SMILES string of the molecule is CCn1c(SCC(=O)N[C@@H](C)c2cccs2)nc2cc(S(=O)(=O)N3CCOCC3)ccc21. The second-order valence-corrected chi connectivity index (χ2v) is 11.3. The molecule has 11 heteroatoms. The average Bonchev–Trinajstić information content (AvgIpc) is 3.45. The molecule has 0 unspecified atom stereocenters. The van der Waals surface area contributed by atoms with Crippen LogP contribution in [0.1, 0.15) is 24.8 Å². The number of rotatable bonds is 8. The van der Waals surface area contributed by atoms with E-state index in [0.29, 0.717) is 43.5 Å². The van der Waals surface area contributed by atoms with Crippen LogP contribution in [-0.2, 0) is 26.1 Å². The summed E-state index contributed by atoms with van der Waals surface area (Å²) in [5.74, 6) is 0.166. The van der Waals surface area contributed by atoms with Crippen molar-refractivity contribution in [3.63, 3.8) is 0 Å². The second-order valence-electron chi connectivity index (χ2n) is 7.40. The molecule has 3 heterocycles. The highest BCUT2D eigenvalue weighted by Gasteiger charge is 2.27. The van der Waals surface area contributed by atoms with E-state index in [2.05, 4.69) is 10.3 Å². The number of carbonyl (C=O) groups is 1. The fourth-order valence-electron chi connectivity index (χ4n) is 3.62. The van der Waals surface area contributed by atoms with E-state index in [1.54, 1.807) is 29.5 Å². The molecule has 1 aromatic carbocycles. The quantitative estimate of drug-likeness (QED) is 0.484. The van der Waals surface area contributed by atoms with Gasteiger partial charge in [-0.15, -0.1) is 11.3 Å². The first-order valence-electron chi connectivity index (χ1n) is 10.4. The third-order valence-corrected chi connectivity index (χ3v) is 9.21. The molecule has 2 aromatic heterocycles. The fraction of sp³-hybridized carbons (Fsp3) is 0.429. The lowest BCUT2D eigenvalue weighted by atomic mass is 10.3. The molecule has 172 valence electrons. The average molecular weight is 495 g/mol. The van der Waals surface area contributed by atoms with Crippen LogP contribution in [0.3, 0.4) is 0 Å². The van der Waals surface area contributed by atoms with E-state index < -0.39 is 10.0 Å². The van der Waals surface area contributed by atoms with Crippen LogP contribution in [0.5, 0.6) is 0 Å². The number of fused-ring (bicyclic) bond motifs is 1. The van der Waals surface area contributed by atoms with Gasteiger partial charge in [-0.3, -0.25) is 4.79 Å². The molecule has 0 bridgehead atoms. The fourth-order valence-corrected chi connectivity index (χ4v) is 6.67. The van der Waals surface area contributed by atoms with Crippen molar-refractivity contribution in [1.82, 2.24) is 19.2 Å². The van der Waals surface area contributed by atoms with Gasteiger partial charge >= 0.3 is 0 Å². The van der Waals surface area contributed by atoms with Crippen LogP contribution in [-0.4, -0.2) is 60.2 Å². The number of aromatic nitrogens is 2. The van der Waals surface area contributed by atoms with Gasteiger partial charge in [-0.1, -0.05) is 17.8 Å². The molecule has 0 spiro atoms. The standard InChI is InChI=1S/C21H26N4O4S3/c1-3-25-18-7-6-16(32(27,28)24-8-10-29-11-9-24)13-17(18)23-21(25)31-14-20(26)22-15(2)19-5-4-12-30-19/h4-7,12-13,15H,3,8-11,14H2,1-2H3,(H,22,26)/t15-/m0/s1. The van der Waals surface area contributed by atoms with E-state index in [0.717, 1.165) is 10.4 Å². The van der Waals surface area contributed by atoms with Crippen molar-refractivity contribution in [2.24, 2.45) is 0 Å².